The number of allylic oxidation sites excluding steroid dienone is 1. The summed E-state index contributed by atoms with van der Waals surface area (Å²) in [4.78, 5) is 0. The van der Waals surface area contributed by atoms with Crippen molar-refractivity contribution in [2.75, 3.05) is 0 Å². The summed E-state index contributed by atoms with van der Waals surface area (Å²) in [5.74, 6) is -0.139. The molecule has 0 aromatic rings. The fraction of sp³-hybridized carbons (Fsp3) is 0.600. The monoisotopic (exact) mass is 137 g/mol. The van der Waals surface area contributed by atoms with Gasteiger partial charge in [-0.3, -0.25) is 0 Å². The van der Waals surface area contributed by atoms with Gasteiger partial charge >= 0.3 is 0 Å². The van der Waals surface area contributed by atoms with E-state index < -0.39 is 0 Å². The largest absolute Gasteiger partial charge is 0.322 e. The molecule has 1 atom stereocenters. The first-order valence-corrected chi connectivity index (χ1v) is 2.42. The van der Waals surface area contributed by atoms with Gasteiger partial charge in [0, 0.05) is 0 Å². The molecule has 48 valence electrons. The molecular weight excluding hydrogens is 129 g/mol. The third-order valence-corrected chi connectivity index (χ3v) is 1.17. The fourth-order valence-electron chi connectivity index (χ4n) is 0.690. The van der Waals surface area contributed by atoms with E-state index in [-0.39, 0.29) is 24.3 Å². The van der Waals surface area contributed by atoms with Crippen LogP contribution in [0.25, 0.3) is 0 Å². The molecule has 1 nitrogen and oxygen atoms in total. The second kappa shape index (κ2) is 3.05. The molecule has 1 rings (SSSR count). The molecule has 0 aromatic carbocycles. The van der Waals surface area contributed by atoms with Crippen molar-refractivity contribution in [3.05, 3.63) is 11.9 Å². The lowest BCUT2D eigenvalue weighted by Crippen LogP contribution is -2.15. The average Bonchev–Trinajstić information content (AvgIpc) is 1.91. The first kappa shape index (κ1) is 7.92. The molecular formula is C5H9ClFN. The molecule has 0 aliphatic heterocycles. The summed E-state index contributed by atoms with van der Waals surface area (Å²) in [6.45, 7) is 0. The van der Waals surface area contributed by atoms with E-state index in [9.17, 15) is 4.39 Å². The highest BCUT2D eigenvalue weighted by molar-refractivity contribution is 5.85. The Labute approximate surface area is 54.2 Å². The second-order valence-corrected chi connectivity index (χ2v) is 1.77. The lowest BCUT2D eigenvalue weighted by atomic mass is 10.3. The third-order valence-electron chi connectivity index (χ3n) is 1.17. The van der Waals surface area contributed by atoms with Crippen LogP contribution in [0.5, 0.6) is 0 Å². The maximum absolute atomic E-state index is 12.1. The first-order valence-electron chi connectivity index (χ1n) is 2.42. The van der Waals surface area contributed by atoms with E-state index in [0.717, 1.165) is 12.8 Å². The lowest BCUT2D eigenvalue weighted by Gasteiger charge is -1.95. The normalized spacial score (nSPS) is 26.8. The first-order chi connectivity index (χ1) is 3.30. The highest BCUT2D eigenvalue weighted by atomic mass is 35.5. The highest BCUT2D eigenvalue weighted by Gasteiger charge is 2.12. The Morgan fingerprint density at radius 2 is 2.38 bits per heavy atom. The van der Waals surface area contributed by atoms with E-state index in [1.165, 1.54) is 0 Å². The molecule has 1 aliphatic rings. The minimum atomic E-state index is -0.292. The topological polar surface area (TPSA) is 26.0 Å². The maximum Gasteiger partial charge on any atom is 0.113 e. The summed E-state index contributed by atoms with van der Waals surface area (Å²) in [6.07, 6.45) is 3.14. The zero-order chi connectivity index (χ0) is 5.28. The molecule has 0 bridgehead atoms. The van der Waals surface area contributed by atoms with E-state index in [1.54, 1.807) is 6.08 Å². The van der Waals surface area contributed by atoms with Crippen molar-refractivity contribution in [1.29, 1.82) is 0 Å². The highest BCUT2D eigenvalue weighted by Crippen LogP contribution is 2.16. The van der Waals surface area contributed by atoms with Crippen molar-refractivity contribution in [2.45, 2.75) is 18.9 Å². The average molecular weight is 138 g/mol. The van der Waals surface area contributed by atoms with E-state index in [4.69, 9.17) is 5.73 Å². The number of nitrogens with two attached hydrogens (primary N) is 1. The summed E-state index contributed by atoms with van der Waals surface area (Å²) < 4.78 is 12.1. The molecule has 8 heavy (non-hydrogen) atoms. The molecule has 0 saturated heterocycles. The minimum Gasteiger partial charge on any atom is -0.322 e. The predicted octanol–water partition coefficient (Wildman–Crippen LogP) is 1.38. The number of hydrogen-bond donors (Lipinski definition) is 1. The Balaban J connectivity index is 0.000000490. The zero-order valence-corrected chi connectivity index (χ0v) is 5.25. The molecule has 2 N–H and O–H groups in total. The van der Waals surface area contributed by atoms with Crippen molar-refractivity contribution in [3.8, 4) is 0 Å². The SMILES string of the molecule is Cl.NC1CCC=C1F. The third kappa shape index (κ3) is 1.46. The van der Waals surface area contributed by atoms with Crippen LogP contribution < -0.4 is 5.73 Å². The van der Waals surface area contributed by atoms with E-state index in [1.807, 2.05) is 0 Å². The molecule has 0 aromatic heterocycles. The van der Waals surface area contributed by atoms with Gasteiger partial charge < -0.3 is 5.73 Å². The van der Waals surface area contributed by atoms with Crippen LogP contribution >= 0.6 is 12.4 Å². The Kier molecular flexibility index (Phi) is 3.02. The molecule has 1 aliphatic carbocycles. The number of hydrogen-bond acceptors (Lipinski definition) is 1. The van der Waals surface area contributed by atoms with E-state index >= 15 is 0 Å². The van der Waals surface area contributed by atoms with Gasteiger partial charge in [-0.05, 0) is 12.8 Å². The molecule has 0 fully saturated rings. The van der Waals surface area contributed by atoms with Crippen LogP contribution in [0, 0.1) is 0 Å². The van der Waals surface area contributed by atoms with Gasteiger partial charge in [-0.25, -0.2) is 4.39 Å². The summed E-state index contributed by atoms with van der Waals surface area (Å²) in [7, 11) is 0. The summed E-state index contributed by atoms with van der Waals surface area (Å²) in [6, 6.07) is -0.292. The van der Waals surface area contributed by atoms with E-state index in [2.05, 4.69) is 0 Å². The summed E-state index contributed by atoms with van der Waals surface area (Å²) in [5, 5.41) is 0. The van der Waals surface area contributed by atoms with Crippen LogP contribution in [-0.2, 0) is 0 Å². The van der Waals surface area contributed by atoms with Crippen LogP contribution in [0.4, 0.5) is 4.39 Å². The molecule has 0 heterocycles. The van der Waals surface area contributed by atoms with Crippen molar-refractivity contribution in [1.82, 2.24) is 0 Å². The minimum absolute atomic E-state index is 0. The van der Waals surface area contributed by atoms with Gasteiger partial charge in [-0.1, -0.05) is 6.08 Å². The predicted molar refractivity (Wildman–Crippen MR) is 33.6 cm³/mol. The molecule has 0 radical (unpaired) electrons. The van der Waals surface area contributed by atoms with Crippen molar-refractivity contribution in [2.24, 2.45) is 5.73 Å². The van der Waals surface area contributed by atoms with Gasteiger partial charge in [0.2, 0.25) is 0 Å². The van der Waals surface area contributed by atoms with Gasteiger partial charge in [0.1, 0.15) is 5.83 Å². The van der Waals surface area contributed by atoms with E-state index in [0.29, 0.717) is 0 Å². The van der Waals surface area contributed by atoms with Crippen molar-refractivity contribution >= 4 is 12.4 Å². The molecule has 1 unspecified atom stereocenters. The summed E-state index contributed by atoms with van der Waals surface area (Å²) in [5.41, 5.74) is 5.23. The molecule has 0 spiro atoms. The van der Waals surface area contributed by atoms with Crippen LogP contribution in [0.2, 0.25) is 0 Å². The van der Waals surface area contributed by atoms with Crippen LogP contribution in [0.15, 0.2) is 11.9 Å². The van der Waals surface area contributed by atoms with Gasteiger partial charge in [0.15, 0.2) is 0 Å². The standard InChI is InChI=1S/C5H8FN.ClH/c6-4-2-1-3-5(4)7;/h2,5H,1,3,7H2;1H. The Morgan fingerprint density at radius 1 is 1.75 bits per heavy atom. The fourth-order valence-corrected chi connectivity index (χ4v) is 0.690. The van der Waals surface area contributed by atoms with Crippen molar-refractivity contribution in [3.63, 3.8) is 0 Å². The Hall–Kier alpha value is -0.0800. The maximum atomic E-state index is 12.1. The molecule has 0 amide bonds. The Bertz CT molecular complexity index is 103. The van der Waals surface area contributed by atoms with Gasteiger partial charge in [0.05, 0.1) is 6.04 Å². The van der Waals surface area contributed by atoms with Crippen molar-refractivity contribution < 1.29 is 4.39 Å². The smallest absolute Gasteiger partial charge is 0.113 e. The van der Waals surface area contributed by atoms with Crippen LogP contribution in [-0.4, -0.2) is 6.04 Å². The van der Waals surface area contributed by atoms with Crippen LogP contribution in [0.3, 0.4) is 0 Å². The Morgan fingerprint density at radius 3 is 2.50 bits per heavy atom. The lowest BCUT2D eigenvalue weighted by molar-refractivity contribution is 0.553. The number of halogens is 2. The van der Waals surface area contributed by atoms with Gasteiger partial charge in [-0.2, -0.15) is 0 Å². The van der Waals surface area contributed by atoms with Gasteiger partial charge in [-0.15, -0.1) is 12.4 Å². The second-order valence-electron chi connectivity index (χ2n) is 1.77. The summed E-state index contributed by atoms with van der Waals surface area (Å²) >= 11 is 0. The number of rotatable bonds is 0. The molecule has 3 heteroatoms. The van der Waals surface area contributed by atoms with Crippen LogP contribution in [0.1, 0.15) is 12.8 Å². The van der Waals surface area contributed by atoms with Gasteiger partial charge in [0.25, 0.3) is 0 Å². The quantitative estimate of drug-likeness (QED) is 0.537. The zero-order valence-electron chi connectivity index (χ0n) is 4.43. The molecule has 0 saturated carbocycles.